The molecule has 0 bridgehead atoms. The quantitative estimate of drug-likeness (QED) is 0.450. The Morgan fingerprint density at radius 3 is 2.32 bits per heavy atom. The molecule has 0 spiro atoms. The van der Waals surface area contributed by atoms with Gasteiger partial charge in [0.15, 0.2) is 5.96 Å². The van der Waals surface area contributed by atoms with Gasteiger partial charge in [-0.15, -0.1) is 0 Å². The number of hydrogen-bond acceptors (Lipinski definition) is 3. The highest BCUT2D eigenvalue weighted by Crippen LogP contribution is 2.11. The van der Waals surface area contributed by atoms with E-state index >= 15 is 0 Å². The third kappa shape index (κ3) is 7.77. The molecule has 0 aliphatic carbocycles. The number of hydrogen-bond donors (Lipinski definition) is 3. The van der Waals surface area contributed by atoms with Crippen LogP contribution in [0.1, 0.15) is 35.3 Å². The van der Waals surface area contributed by atoms with Gasteiger partial charge in [0.25, 0.3) is 5.91 Å². The maximum atomic E-state index is 12.1. The van der Waals surface area contributed by atoms with Crippen LogP contribution in [0.15, 0.2) is 53.5 Å². The highest BCUT2D eigenvalue weighted by atomic mass is 16.2. The number of amides is 2. The number of aliphatic imine (C=N–C) groups is 1. The largest absolute Gasteiger partial charge is 0.356 e. The Labute approximate surface area is 184 Å². The first-order chi connectivity index (χ1) is 14.8. The molecule has 0 atom stereocenters. The van der Waals surface area contributed by atoms with Crippen LogP contribution in [0.3, 0.4) is 0 Å². The van der Waals surface area contributed by atoms with E-state index in [0.29, 0.717) is 24.6 Å². The van der Waals surface area contributed by atoms with Gasteiger partial charge in [-0.1, -0.05) is 38.1 Å². The Kier molecular flexibility index (Phi) is 9.06. The van der Waals surface area contributed by atoms with Crippen LogP contribution in [-0.2, 0) is 17.8 Å². The number of guanidine groups is 1. The molecule has 0 saturated carbocycles. The molecule has 2 amide bonds. The summed E-state index contributed by atoms with van der Waals surface area (Å²) in [6.07, 6.45) is 0.777. The highest BCUT2D eigenvalue weighted by Gasteiger charge is 2.09. The lowest BCUT2D eigenvalue weighted by Gasteiger charge is -2.14. The Morgan fingerprint density at radius 2 is 1.71 bits per heavy atom. The number of carbonyl (C=O) groups is 2. The van der Waals surface area contributed by atoms with Crippen molar-refractivity contribution >= 4 is 23.5 Å². The van der Waals surface area contributed by atoms with E-state index in [1.54, 1.807) is 26.0 Å². The average molecular weight is 424 g/mol. The van der Waals surface area contributed by atoms with Crippen molar-refractivity contribution in [3.05, 3.63) is 65.2 Å². The van der Waals surface area contributed by atoms with Gasteiger partial charge in [0.05, 0.1) is 0 Å². The minimum Gasteiger partial charge on any atom is -0.356 e. The topological polar surface area (TPSA) is 85.8 Å². The number of nitrogens with one attached hydrogen (secondary N) is 3. The number of carbonyl (C=O) groups excluding carboxylic acids is 2. The van der Waals surface area contributed by atoms with Crippen molar-refractivity contribution in [2.45, 2.75) is 26.8 Å². The molecule has 0 aromatic heterocycles. The van der Waals surface area contributed by atoms with Gasteiger partial charge >= 0.3 is 0 Å². The molecule has 2 rings (SSSR count). The van der Waals surface area contributed by atoms with E-state index in [1.807, 2.05) is 62.4 Å². The molecule has 2 aromatic rings. The normalized spacial score (nSPS) is 11.2. The summed E-state index contributed by atoms with van der Waals surface area (Å²) in [5.41, 5.74) is 3.66. The number of nitrogens with zero attached hydrogens (tertiary/aromatic N) is 2. The van der Waals surface area contributed by atoms with E-state index in [-0.39, 0.29) is 17.7 Å². The van der Waals surface area contributed by atoms with Crippen LogP contribution in [0.25, 0.3) is 0 Å². The molecule has 0 heterocycles. The lowest BCUT2D eigenvalue weighted by atomic mass is 10.1. The Morgan fingerprint density at radius 1 is 1.00 bits per heavy atom. The van der Waals surface area contributed by atoms with Crippen molar-refractivity contribution in [1.29, 1.82) is 0 Å². The molecule has 31 heavy (non-hydrogen) atoms. The molecule has 0 aliphatic rings. The van der Waals surface area contributed by atoms with Gasteiger partial charge in [0, 0.05) is 51.4 Å². The average Bonchev–Trinajstić information content (AvgIpc) is 2.76. The van der Waals surface area contributed by atoms with Crippen LogP contribution in [-0.4, -0.2) is 50.4 Å². The number of benzene rings is 2. The SMILES string of the molecule is CN=C(NCCc1cccc(C(=O)N(C)C)c1)NCc1ccc(NC(=O)C(C)C)cc1. The van der Waals surface area contributed by atoms with Crippen molar-refractivity contribution in [2.75, 3.05) is 33.0 Å². The van der Waals surface area contributed by atoms with Crippen LogP contribution in [0.2, 0.25) is 0 Å². The fourth-order valence-electron chi connectivity index (χ4n) is 2.84. The molecule has 0 fully saturated rings. The zero-order chi connectivity index (χ0) is 22.8. The minimum absolute atomic E-state index is 0.00192. The number of rotatable bonds is 8. The van der Waals surface area contributed by atoms with Crippen molar-refractivity contribution in [3.63, 3.8) is 0 Å². The summed E-state index contributed by atoms with van der Waals surface area (Å²) in [6, 6.07) is 15.4. The lowest BCUT2D eigenvalue weighted by Crippen LogP contribution is -2.37. The third-order valence-corrected chi connectivity index (χ3v) is 4.72. The molecular weight excluding hydrogens is 390 g/mol. The zero-order valence-electron chi connectivity index (χ0n) is 19.0. The Hall–Kier alpha value is -3.35. The van der Waals surface area contributed by atoms with Gasteiger partial charge in [-0.05, 0) is 41.8 Å². The van der Waals surface area contributed by atoms with E-state index in [2.05, 4.69) is 20.9 Å². The maximum absolute atomic E-state index is 12.1. The van der Waals surface area contributed by atoms with E-state index in [1.165, 1.54) is 0 Å². The molecule has 3 N–H and O–H groups in total. The monoisotopic (exact) mass is 423 g/mol. The van der Waals surface area contributed by atoms with Crippen molar-refractivity contribution < 1.29 is 9.59 Å². The molecule has 0 unspecified atom stereocenters. The minimum atomic E-state index is -0.0494. The van der Waals surface area contributed by atoms with E-state index in [4.69, 9.17) is 0 Å². The Balaban J connectivity index is 1.81. The highest BCUT2D eigenvalue weighted by molar-refractivity contribution is 5.94. The summed E-state index contributed by atoms with van der Waals surface area (Å²) in [6.45, 7) is 5.04. The van der Waals surface area contributed by atoms with Crippen LogP contribution in [0.5, 0.6) is 0 Å². The number of anilines is 1. The van der Waals surface area contributed by atoms with Gasteiger partial charge < -0.3 is 20.9 Å². The van der Waals surface area contributed by atoms with Crippen LogP contribution in [0, 0.1) is 5.92 Å². The molecule has 166 valence electrons. The maximum Gasteiger partial charge on any atom is 0.253 e. The first kappa shape index (κ1) is 23.9. The van der Waals surface area contributed by atoms with Crippen molar-refractivity contribution in [2.24, 2.45) is 10.9 Å². The first-order valence-corrected chi connectivity index (χ1v) is 10.4. The summed E-state index contributed by atoms with van der Waals surface area (Å²) < 4.78 is 0. The predicted octanol–water partition coefficient (Wildman–Crippen LogP) is 2.89. The molecular formula is C24H33N5O2. The summed E-state index contributed by atoms with van der Waals surface area (Å²) in [5, 5.41) is 9.47. The van der Waals surface area contributed by atoms with Crippen LogP contribution >= 0.6 is 0 Å². The first-order valence-electron chi connectivity index (χ1n) is 10.4. The second-order valence-corrected chi connectivity index (χ2v) is 7.84. The second-order valence-electron chi connectivity index (χ2n) is 7.84. The molecule has 7 heteroatoms. The summed E-state index contributed by atoms with van der Waals surface area (Å²) in [7, 11) is 5.24. The fraction of sp³-hybridized carbons (Fsp3) is 0.375. The second kappa shape index (κ2) is 11.7. The standard InChI is InChI=1S/C24H33N5O2/c1-17(2)22(30)28-21-11-9-19(10-12-21)16-27-24(25-3)26-14-13-18-7-6-8-20(15-18)23(31)29(4)5/h6-12,15,17H,13-14,16H2,1-5H3,(H,28,30)(H2,25,26,27). The zero-order valence-corrected chi connectivity index (χ0v) is 19.0. The summed E-state index contributed by atoms with van der Waals surface area (Å²) in [5.74, 6) is 0.665. The van der Waals surface area contributed by atoms with Crippen molar-refractivity contribution in [1.82, 2.24) is 15.5 Å². The smallest absolute Gasteiger partial charge is 0.253 e. The Bertz CT molecular complexity index is 904. The van der Waals surface area contributed by atoms with Gasteiger partial charge in [-0.25, -0.2) is 0 Å². The lowest BCUT2D eigenvalue weighted by molar-refractivity contribution is -0.118. The molecule has 0 radical (unpaired) electrons. The molecule has 7 nitrogen and oxygen atoms in total. The van der Waals surface area contributed by atoms with E-state index in [9.17, 15) is 9.59 Å². The third-order valence-electron chi connectivity index (χ3n) is 4.72. The summed E-state index contributed by atoms with van der Waals surface area (Å²) >= 11 is 0. The van der Waals surface area contributed by atoms with Gasteiger partial charge in [-0.3, -0.25) is 14.6 Å². The van der Waals surface area contributed by atoms with Gasteiger partial charge in [-0.2, -0.15) is 0 Å². The van der Waals surface area contributed by atoms with Gasteiger partial charge in [0.1, 0.15) is 0 Å². The van der Waals surface area contributed by atoms with Crippen LogP contribution < -0.4 is 16.0 Å². The van der Waals surface area contributed by atoms with Crippen molar-refractivity contribution in [3.8, 4) is 0 Å². The summed E-state index contributed by atoms with van der Waals surface area (Å²) in [4.78, 5) is 29.7. The van der Waals surface area contributed by atoms with Gasteiger partial charge in [0.2, 0.25) is 5.91 Å². The fourth-order valence-corrected chi connectivity index (χ4v) is 2.84. The van der Waals surface area contributed by atoms with E-state index in [0.717, 1.165) is 23.2 Å². The van der Waals surface area contributed by atoms with Crippen LogP contribution in [0.4, 0.5) is 5.69 Å². The molecule has 0 saturated heterocycles. The molecule has 0 aliphatic heterocycles. The predicted molar refractivity (Wildman–Crippen MR) is 126 cm³/mol. The van der Waals surface area contributed by atoms with E-state index < -0.39 is 0 Å². The molecule has 2 aromatic carbocycles.